The van der Waals surface area contributed by atoms with Gasteiger partial charge in [0, 0.05) is 13.1 Å². The number of methoxy groups -OCH3 is 1. The van der Waals surface area contributed by atoms with Crippen LogP contribution in [0.15, 0.2) is 28.8 Å². The molecule has 25 heavy (non-hydrogen) atoms. The zero-order chi connectivity index (χ0) is 18.0. The molecular formula is C19H22N2O4. The highest BCUT2D eigenvalue weighted by Crippen LogP contribution is 2.25. The predicted octanol–water partition coefficient (Wildman–Crippen LogP) is 2.78. The fraction of sp³-hybridized carbons (Fsp3) is 0.421. The zero-order valence-corrected chi connectivity index (χ0v) is 14.7. The topological polar surface area (TPSA) is 72.6 Å². The van der Waals surface area contributed by atoms with Crippen molar-refractivity contribution in [3.05, 3.63) is 52.4 Å². The number of amides is 1. The number of esters is 1. The Bertz CT molecular complexity index is 777. The van der Waals surface area contributed by atoms with Crippen molar-refractivity contribution in [3.63, 3.8) is 0 Å². The van der Waals surface area contributed by atoms with Crippen LogP contribution >= 0.6 is 0 Å². The van der Waals surface area contributed by atoms with Crippen LogP contribution < -0.4 is 0 Å². The number of benzene rings is 1. The van der Waals surface area contributed by atoms with E-state index >= 15 is 0 Å². The molecule has 6 heteroatoms. The molecule has 2 aromatic rings. The van der Waals surface area contributed by atoms with E-state index < -0.39 is 0 Å². The molecule has 1 fully saturated rings. The lowest BCUT2D eigenvalue weighted by Crippen LogP contribution is -2.29. The third kappa shape index (κ3) is 3.57. The maximum Gasteiger partial charge on any atom is 0.337 e. The summed E-state index contributed by atoms with van der Waals surface area (Å²) in [6.45, 7) is 4.98. The van der Waals surface area contributed by atoms with Crippen molar-refractivity contribution < 1.29 is 18.8 Å². The van der Waals surface area contributed by atoms with Gasteiger partial charge in [-0.1, -0.05) is 17.3 Å². The molecule has 0 N–H and O–H groups in total. The SMILES string of the molecule is COC(=O)c1cccc(CC2CCN(C(=O)c3c(C)noc3C)C2)c1. The van der Waals surface area contributed by atoms with Gasteiger partial charge in [0.05, 0.1) is 18.4 Å². The lowest BCUT2D eigenvalue weighted by molar-refractivity contribution is 0.0600. The average molecular weight is 342 g/mol. The largest absolute Gasteiger partial charge is 0.465 e. The Morgan fingerprint density at radius 1 is 1.36 bits per heavy atom. The lowest BCUT2D eigenvalue weighted by Gasteiger charge is -2.16. The van der Waals surface area contributed by atoms with Gasteiger partial charge in [0.15, 0.2) is 0 Å². The van der Waals surface area contributed by atoms with Crippen LogP contribution in [0.4, 0.5) is 0 Å². The van der Waals surface area contributed by atoms with E-state index in [0.29, 0.717) is 35.0 Å². The number of aryl methyl sites for hydroxylation is 2. The molecule has 0 spiro atoms. The van der Waals surface area contributed by atoms with Gasteiger partial charge in [-0.3, -0.25) is 4.79 Å². The molecule has 0 bridgehead atoms. The van der Waals surface area contributed by atoms with Gasteiger partial charge >= 0.3 is 5.97 Å². The summed E-state index contributed by atoms with van der Waals surface area (Å²) in [5.41, 5.74) is 2.85. The summed E-state index contributed by atoms with van der Waals surface area (Å²) in [7, 11) is 1.38. The van der Waals surface area contributed by atoms with E-state index in [2.05, 4.69) is 5.16 Å². The van der Waals surface area contributed by atoms with E-state index in [1.165, 1.54) is 7.11 Å². The normalized spacial score (nSPS) is 16.9. The van der Waals surface area contributed by atoms with Gasteiger partial charge in [-0.05, 0) is 50.3 Å². The number of hydrogen-bond donors (Lipinski definition) is 0. The Hall–Kier alpha value is -2.63. The average Bonchev–Trinajstić information content (AvgIpc) is 3.20. The van der Waals surface area contributed by atoms with Gasteiger partial charge in [-0.15, -0.1) is 0 Å². The van der Waals surface area contributed by atoms with Gasteiger partial charge in [0.25, 0.3) is 5.91 Å². The van der Waals surface area contributed by atoms with Crippen molar-refractivity contribution in [3.8, 4) is 0 Å². The van der Waals surface area contributed by atoms with Crippen molar-refractivity contribution in [2.75, 3.05) is 20.2 Å². The van der Waals surface area contributed by atoms with Crippen LogP contribution in [0.1, 0.15) is 44.2 Å². The first-order valence-electron chi connectivity index (χ1n) is 8.39. The second-order valence-corrected chi connectivity index (χ2v) is 6.50. The molecule has 0 saturated carbocycles. The highest BCUT2D eigenvalue weighted by molar-refractivity contribution is 5.96. The first kappa shape index (κ1) is 17.2. The van der Waals surface area contributed by atoms with E-state index in [0.717, 1.165) is 24.9 Å². The van der Waals surface area contributed by atoms with E-state index in [4.69, 9.17) is 9.26 Å². The van der Waals surface area contributed by atoms with Crippen LogP contribution in [0, 0.1) is 19.8 Å². The lowest BCUT2D eigenvalue weighted by atomic mass is 9.97. The Morgan fingerprint density at radius 2 is 2.16 bits per heavy atom. The van der Waals surface area contributed by atoms with Crippen LogP contribution in [0.3, 0.4) is 0 Å². The quantitative estimate of drug-likeness (QED) is 0.799. The van der Waals surface area contributed by atoms with Gasteiger partial charge in [-0.25, -0.2) is 4.79 Å². The first-order valence-corrected chi connectivity index (χ1v) is 8.39. The molecule has 1 aliphatic rings. The molecule has 1 saturated heterocycles. The van der Waals surface area contributed by atoms with Crippen LogP contribution in [0.25, 0.3) is 0 Å². The minimum atomic E-state index is -0.330. The summed E-state index contributed by atoms with van der Waals surface area (Å²) in [5, 5.41) is 3.86. The summed E-state index contributed by atoms with van der Waals surface area (Å²) in [6, 6.07) is 7.48. The molecule has 6 nitrogen and oxygen atoms in total. The second-order valence-electron chi connectivity index (χ2n) is 6.50. The molecule has 2 heterocycles. The molecule has 1 aromatic carbocycles. The molecule has 1 aliphatic heterocycles. The second kappa shape index (κ2) is 7.09. The molecule has 1 unspecified atom stereocenters. The zero-order valence-electron chi connectivity index (χ0n) is 14.7. The number of carbonyl (C=O) groups is 2. The van der Waals surface area contributed by atoms with E-state index in [9.17, 15) is 9.59 Å². The molecule has 0 aliphatic carbocycles. The van der Waals surface area contributed by atoms with Crippen molar-refractivity contribution in [2.45, 2.75) is 26.7 Å². The van der Waals surface area contributed by atoms with E-state index in [1.807, 2.05) is 23.1 Å². The third-order valence-electron chi connectivity index (χ3n) is 4.69. The molecule has 132 valence electrons. The van der Waals surface area contributed by atoms with Crippen LogP contribution in [-0.2, 0) is 11.2 Å². The number of hydrogen-bond acceptors (Lipinski definition) is 5. The molecule has 3 rings (SSSR count). The Balaban J connectivity index is 1.66. The predicted molar refractivity (Wildman–Crippen MR) is 91.5 cm³/mol. The van der Waals surface area contributed by atoms with Gasteiger partial charge in [-0.2, -0.15) is 0 Å². The summed E-state index contributed by atoms with van der Waals surface area (Å²) in [5.74, 6) is 0.597. The van der Waals surface area contributed by atoms with Crippen molar-refractivity contribution in [1.82, 2.24) is 10.1 Å². The number of rotatable bonds is 4. The summed E-state index contributed by atoms with van der Waals surface area (Å²) in [6.07, 6.45) is 1.77. The minimum Gasteiger partial charge on any atom is -0.465 e. The maximum absolute atomic E-state index is 12.7. The fourth-order valence-electron chi connectivity index (χ4n) is 3.41. The van der Waals surface area contributed by atoms with E-state index in [-0.39, 0.29) is 11.9 Å². The molecule has 1 atom stereocenters. The number of aromatic nitrogens is 1. The van der Waals surface area contributed by atoms with Gasteiger partial charge < -0.3 is 14.2 Å². The number of likely N-dealkylation sites (tertiary alicyclic amines) is 1. The van der Waals surface area contributed by atoms with Crippen molar-refractivity contribution in [2.24, 2.45) is 5.92 Å². The molecular weight excluding hydrogens is 320 g/mol. The Morgan fingerprint density at radius 3 is 2.84 bits per heavy atom. The van der Waals surface area contributed by atoms with E-state index in [1.54, 1.807) is 19.9 Å². The van der Waals surface area contributed by atoms with Crippen molar-refractivity contribution in [1.29, 1.82) is 0 Å². The van der Waals surface area contributed by atoms with Crippen LogP contribution in [-0.4, -0.2) is 42.1 Å². The smallest absolute Gasteiger partial charge is 0.337 e. The summed E-state index contributed by atoms with van der Waals surface area (Å²) in [4.78, 5) is 26.2. The standard InChI is InChI=1S/C19H22N2O4/c1-12-17(13(2)25-20-12)18(22)21-8-7-15(11-21)9-14-5-4-6-16(10-14)19(23)24-3/h4-6,10,15H,7-9,11H2,1-3H3. The summed E-state index contributed by atoms with van der Waals surface area (Å²) >= 11 is 0. The number of nitrogens with zero attached hydrogens (tertiary/aromatic N) is 2. The summed E-state index contributed by atoms with van der Waals surface area (Å²) < 4.78 is 9.87. The minimum absolute atomic E-state index is 0.0120. The monoisotopic (exact) mass is 342 g/mol. The highest BCUT2D eigenvalue weighted by Gasteiger charge is 2.30. The number of carbonyl (C=O) groups excluding carboxylic acids is 2. The van der Waals surface area contributed by atoms with Crippen LogP contribution in [0.2, 0.25) is 0 Å². The maximum atomic E-state index is 12.7. The van der Waals surface area contributed by atoms with Gasteiger partial charge in [0.1, 0.15) is 11.3 Å². The first-order chi connectivity index (χ1) is 12.0. The Labute approximate surface area is 146 Å². The van der Waals surface area contributed by atoms with Gasteiger partial charge in [0.2, 0.25) is 0 Å². The fourth-order valence-corrected chi connectivity index (χ4v) is 3.41. The Kier molecular flexibility index (Phi) is 4.88. The molecule has 0 radical (unpaired) electrons. The highest BCUT2D eigenvalue weighted by atomic mass is 16.5. The van der Waals surface area contributed by atoms with Crippen LogP contribution in [0.5, 0.6) is 0 Å². The molecule has 1 aromatic heterocycles. The molecule has 1 amide bonds. The third-order valence-corrected chi connectivity index (χ3v) is 4.69. The van der Waals surface area contributed by atoms with Crippen molar-refractivity contribution >= 4 is 11.9 Å². The number of ether oxygens (including phenoxy) is 1.